The summed E-state index contributed by atoms with van der Waals surface area (Å²) in [7, 11) is 0. The van der Waals surface area contributed by atoms with Crippen molar-refractivity contribution >= 4 is 17.5 Å². The van der Waals surface area contributed by atoms with Crippen LogP contribution in [0.15, 0.2) is 47.1 Å². The highest BCUT2D eigenvalue weighted by Crippen LogP contribution is 2.22. The molecule has 3 heterocycles. The Morgan fingerprint density at radius 1 is 1.12 bits per heavy atom. The summed E-state index contributed by atoms with van der Waals surface area (Å²) in [6, 6.07) is 10.4. The predicted molar refractivity (Wildman–Crippen MR) is 117 cm³/mol. The molecule has 9 heteroatoms. The summed E-state index contributed by atoms with van der Waals surface area (Å²) < 4.78 is 21.8. The van der Waals surface area contributed by atoms with Crippen LogP contribution in [0, 0.1) is 5.92 Å². The van der Waals surface area contributed by atoms with Gasteiger partial charge in [-0.05, 0) is 30.7 Å². The normalized spacial score (nSPS) is 19.9. The second-order valence-corrected chi connectivity index (χ2v) is 7.89. The molecule has 2 aliphatic rings. The molecule has 9 nitrogen and oxygen atoms in total. The maximum absolute atomic E-state index is 12.4. The maximum Gasteiger partial charge on any atom is 0.291 e. The van der Waals surface area contributed by atoms with E-state index in [4.69, 9.17) is 18.6 Å². The second kappa shape index (κ2) is 11.1. The van der Waals surface area contributed by atoms with E-state index < -0.39 is 0 Å². The summed E-state index contributed by atoms with van der Waals surface area (Å²) in [4.78, 5) is 26.9. The van der Waals surface area contributed by atoms with Crippen LogP contribution in [-0.2, 0) is 14.3 Å². The third-order valence-electron chi connectivity index (χ3n) is 5.74. The largest absolute Gasteiger partial charge is 0.484 e. The van der Waals surface area contributed by atoms with Gasteiger partial charge in [-0.2, -0.15) is 0 Å². The molecular weight excluding hydrogens is 414 g/mol. The molecule has 2 unspecified atom stereocenters. The molecule has 2 saturated heterocycles. The molecule has 1 aromatic carbocycles. The van der Waals surface area contributed by atoms with Crippen LogP contribution in [0.5, 0.6) is 5.75 Å². The van der Waals surface area contributed by atoms with E-state index in [9.17, 15) is 9.59 Å². The van der Waals surface area contributed by atoms with Gasteiger partial charge in [0.2, 0.25) is 0 Å². The number of morpholine rings is 1. The van der Waals surface area contributed by atoms with Crippen molar-refractivity contribution in [2.75, 3.05) is 58.0 Å². The molecule has 0 spiro atoms. The van der Waals surface area contributed by atoms with Crippen LogP contribution in [0.3, 0.4) is 0 Å². The van der Waals surface area contributed by atoms with E-state index in [0.29, 0.717) is 37.1 Å². The topological polar surface area (TPSA) is 102 Å². The minimum Gasteiger partial charge on any atom is -0.484 e. The number of rotatable bonds is 9. The van der Waals surface area contributed by atoms with Gasteiger partial charge in [-0.1, -0.05) is 6.07 Å². The van der Waals surface area contributed by atoms with Gasteiger partial charge in [0.05, 0.1) is 26.1 Å². The Hall–Kier alpha value is -2.88. The zero-order valence-electron chi connectivity index (χ0n) is 18.0. The number of benzene rings is 1. The average Bonchev–Trinajstić information content (AvgIpc) is 3.54. The van der Waals surface area contributed by atoms with Gasteiger partial charge in [0.1, 0.15) is 5.75 Å². The summed E-state index contributed by atoms with van der Waals surface area (Å²) in [5.74, 6) is 0.579. The highest BCUT2D eigenvalue weighted by molar-refractivity contribution is 6.02. The fraction of sp³-hybridized carbons (Fsp3) is 0.478. The number of nitrogens with zero attached hydrogens (tertiary/aromatic N) is 1. The van der Waals surface area contributed by atoms with Gasteiger partial charge in [0.15, 0.2) is 12.4 Å². The molecule has 0 saturated carbocycles. The first-order valence-electron chi connectivity index (χ1n) is 10.9. The van der Waals surface area contributed by atoms with Crippen molar-refractivity contribution in [3.8, 4) is 5.75 Å². The van der Waals surface area contributed by atoms with E-state index in [1.165, 1.54) is 6.26 Å². The SMILES string of the molecule is O=C(COc1cccc(NC(=O)c2ccco2)c1)NCC(C1CCOC1)N1CCOCC1. The van der Waals surface area contributed by atoms with Crippen LogP contribution < -0.4 is 15.4 Å². The van der Waals surface area contributed by atoms with Crippen molar-refractivity contribution < 1.29 is 28.2 Å². The van der Waals surface area contributed by atoms with Gasteiger partial charge in [-0.3, -0.25) is 14.5 Å². The van der Waals surface area contributed by atoms with Gasteiger partial charge in [0, 0.05) is 50.0 Å². The number of furan rings is 1. The quantitative estimate of drug-likeness (QED) is 0.609. The first-order valence-corrected chi connectivity index (χ1v) is 10.9. The average molecular weight is 444 g/mol. The molecule has 2 N–H and O–H groups in total. The fourth-order valence-electron chi connectivity index (χ4n) is 4.04. The molecule has 2 atom stereocenters. The zero-order chi connectivity index (χ0) is 22.2. The molecule has 172 valence electrons. The summed E-state index contributed by atoms with van der Waals surface area (Å²) in [6.07, 6.45) is 2.45. The second-order valence-electron chi connectivity index (χ2n) is 7.89. The highest BCUT2D eigenvalue weighted by Gasteiger charge is 2.31. The van der Waals surface area contributed by atoms with Crippen molar-refractivity contribution in [3.05, 3.63) is 48.4 Å². The van der Waals surface area contributed by atoms with Crippen molar-refractivity contribution in [3.63, 3.8) is 0 Å². The molecule has 32 heavy (non-hydrogen) atoms. The van der Waals surface area contributed by atoms with E-state index in [2.05, 4.69) is 15.5 Å². The number of ether oxygens (including phenoxy) is 3. The summed E-state index contributed by atoms with van der Waals surface area (Å²) in [5, 5.41) is 5.75. The lowest BCUT2D eigenvalue weighted by atomic mass is 9.97. The molecule has 2 fully saturated rings. The number of carbonyl (C=O) groups is 2. The van der Waals surface area contributed by atoms with Crippen LogP contribution >= 0.6 is 0 Å². The van der Waals surface area contributed by atoms with Crippen LogP contribution in [0.1, 0.15) is 17.0 Å². The number of hydrogen-bond donors (Lipinski definition) is 2. The van der Waals surface area contributed by atoms with Crippen LogP contribution in [0.2, 0.25) is 0 Å². The van der Waals surface area contributed by atoms with Crippen LogP contribution in [0.4, 0.5) is 5.69 Å². The zero-order valence-corrected chi connectivity index (χ0v) is 18.0. The first kappa shape index (κ1) is 22.3. The fourth-order valence-corrected chi connectivity index (χ4v) is 4.04. The van der Waals surface area contributed by atoms with Gasteiger partial charge in [-0.25, -0.2) is 0 Å². The van der Waals surface area contributed by atoms with Crippen LogP contribution in [-0.4, -0.2) is 75.4 Å². The van der Waals surface area contributed by atoms with Gasteiger partial charge in [0.25, 0.3) is 11.8 Å². The van der Waals surface area contributed by atoms with Gasteiger partial charge in [-0.15, -0.1) is 0 Å². The number of carbonyl (C=O) groups excluding carboxylic acids is 2. The summed E-state index contributed by atoms with van der Waals surface area (Å²) >= 11 is 0. The molecule has 0 bridgehead atoms. The van der Waals surface area contributed by atoms with Gasteiger partial charge >= 0.3 is 0 Å². The molecule has 2 aromatic rings. The third-order valence-corrected chi connectivity index (χ3v) is 5.74. The number of nitrogens with one attached hydrogen (secondary N) is 2. The molecule has 2 amide bonds. The van der Waals surface area contributed by atoms with Crippen molar-refractivity contribution in [2.45, 2.75) is 12.5 Å². The van der Waals surface area contributed by atoms with Crippen LogP contribution in [0.25, 0.3) is 0 Å². The molecule has 4 rings (SSSR count). The lowest BCUT2D eigenvalue weighted by Crippen LogP contribution is -2.52. The van der Waals surface area contributed by atoms with E-state index in [-0.39, 0.29) is 30.2 Å². The lowest BCUT2D eigenvalue weighted by Gasteiger charge is -2.37. The van der Waals surface area contributed by atoms with Crippen molar-refractivity contribution in [1.29, 1.82) is 0 Å². The minimum atomic E-state index is -0.352. The molecule has 1 aromatic heterocycles. The van der Waals surface area contributed by atoms with E-state index in [0.717, 1.165) is 32.7 Å². The molecule has 0 aliphatic carbocycles. The maximum atomic E-state index is 12.4. The Labute approximate surface area is 187 Å². The molecule has 0 radical (unpaired) electrons. The Kier molecular flexibility index (Phi) is 7.76. The minimum absolute atomic E-state index is 0.105. The Bertz CT molecular complexity index is 876. The first-order chi connectivity index (χ1) is 15.7. The third kappa shape index (κ3) is 6.09. The Morgan fingerprint density at radius 3 is 2.75 bits per heavy atom. The monoisotopic (exact) mass is 443 g/mol. The summed E-state index contributed by atoms with van der Waals surface area (Å²) in [5.41, 5.74) is 0.554. The number of anilines is 1. The standard InChI is InChI=1S/C23H29N3O6/c27-22(24-14-20(17-6-10-30-15-17)26-7-11-29-12-8-26)16-32-19-4-1-3-18(13-19)25-23(28)21-5-2-9-31-21/h1-5,9,13,17,20H,6-8,10-12,14-16H2,(H,24,27)(H,25,28). The Morgan fingerprint density at radius 2 is 2.00 bits per heavy atom. The van der Waals surface area contributed by atoms with E-state index in [1.807, 2.05) is 0 Å². The lowest BCUT2D eigenvalue weighted by molar-refractivity contribution is -0.123. The number of hydrogen-bond acceptors (Lipinski definition) is 7. The highest BCUT2D eigenvalue weighted by atomic mass is 16.5. The van der Waals surface area contributed by atoms with Gasteiger partial charge < -0.3 is 29.3 Å². The Balaban J connectivity index is 1.26. The summed E-state index contributed by atoms with van der Waals surface area (Å²) in [6.45, 7) is 5.11. The predicted octanol–water partition coefficient (Wildman–Crippen LogP) is 1.76. The molecule has 2 aliphatic heterocycles. The number of amides is 2. The van der Waals surface area contributed by atoms with E-state index >= 15 is 0 Å². The van der Waals surface area contributed by atoms with E-state index in [1.54, 1.807) is 36.4 Å². The van der Waals surface area contributed by atoms with Crippen molar-refractivity contribution in [2.24, 2.45) is 5.92 Å². The smallest absolute Gasteiger partial charge is 0.291 e. The molecular formula is C23H29N3O6. The van der Waals surface area contributed by atoms with Crippen molar-refractivity contribution in [1.82, 2.24) is 10.2 Å².